The van der Waals surface area contributed by atoms with Gasteiger partial charge in [0.15, 0.2) is 0 Å². The Bertz CT molecular complexity index is 1250. The van der Waals surface area contributed by atoms with Crippen LogP contribution in [0.3, 0.4) is 0 Å². The average Bonchev–Trinajstić information content (AvgIpc) is 2.90. The van der Waals surface area contributed by atoms with Crippen LogP contribution in [0.4, 0.5) is 0 Å². The molecule has 1 aliphatic heterocycles. The van der Waals surface area contributed by atoms with Gasteiger partial charge in [-0.15, -0.1) is 11.8 Å². The zero-order valence-electron chi connectivity index (χ0n) is 21.5. The number of carboxylic acids is 1. The van der Waals surface area contributed by atoms with Gasteiger partial charge in [0.1, 0.15) is 5.75 Å². The lowest BCUT2D eigenvalue weighted by molar-refractivity contribution is -0.141. The fourth-order valence-electron chi connectivity index (χ4n) is 5.34. The first-order chi connectivity index (χ1) is 18.3. The number of aromatic nitrogens is 1. The van der Waals surface area contributed by atoms with E-state index in [-0.39, 0.29) is 11.8 Å². The van der Waals surface area contributed by atoms with E-state index in [1.54, 1.807) is 25.1 Å². The quantitative estimate of drug-likeness (QED) is 0.175. The Hall–Kier alpha value is -2.03. The van der Waals surface area contributed by atoms with E-state index in [2.05, 4.69) is 16.0 Å². The highest BCUT2D eigenvalue weighted by Crippen LogP contribution is 2.43. The number of fused-ring (bicyclic) bond motifs is 1. The van der Waals surface area contributed by atoms with Crippen molar-refractivity contribution in [2.75, 3.05) is 32.5 Å². The van der Waals surface area contributed by atoms with Crippen molar-refractivity contribution in [3.63, 3.8) is 0 Å². The minimum absolute atomic E-state index is 0.108. The van der Waals surface area contributed by atoms with E-state index in [4.69, 9.17) is 27.9 Å². The number of aliphatic hydroxyl groups excluding tert-OH is 1. The van der Waals surface area contributed by atoms with Gasteiger partial charge in [-0.05, 0) is 99.3 Å². The highest BCUT2D eigenvalue weighted by molar-refractivity contribution is 7.99. The van der Waals surface area contributed by atoms with Gasteiger partial charge in [-0.1, -0.05) is 29.3 Å². The van der Waals surface area contributed by atoms with Crippen molar-refractivity contribution >= 4 is 51.8 Å². The van der Waals surface area contributed by atoms with Gasteiger partial charge in [0.2, 0.25) is 0 Å². The molecule has 0 spiro atoms. The van der Waals surface area contributed by atoms with Crippen molar-refractivity contribution in [3.05, 3.63) is 64.3 Å². The summed E-state index contributed by atoms with van der Waals surface area (Å²) in [6.07, 6.45) is 4.54. The molecule has 6 nitrogen and oxygen atoms in total. The van der Waals surface area contributed by atoms with Crippen LogP contribution in [-0.2, 0) is 4.79 Å². The number of rotatable bonds is 12. The van der Waals surface area contributed by atoms with Gasteiger partial charge in [0, 0.05) is 27.1 Å². The van der Waals surface area contributed by atoms with E-state index in [0.29, 0.717) is 29.2 Å². The molecule has 2 aromatic carbocycles. The second-order valence-corrected chi connectivity index (χ2v) is 12.0. The second kappa shape index (κ2) is 13.4. The Morgan fingerprint density at radius 3 is 2.71 bits per heavy atom. The monoisotopic (exact) mass is 576 g/mol. The number of ether oxygens (including phenoxy) is 1. The topological polar surface area (TPSA) is 82.9 Å². The molecule has 1 aromatic heterocycles. The summed E-state index contributed by atoms with van der Waals surface area (Å²) in [6.45, 7) is 2.71. The molecule has 1 saturated heterocycles. The van der Waals surface area contributed by atoms with Crippen LogP contribution in [-0.4, -0.2) is 58.6 Å². The van der Waals surface area contributed by atoms with Crippen molar-refractivity contribution in [2.45, 2.75) is 49.5 Å². The Kier molecular flexibility index (Phi) is 10.2. The summed E-state index contributed by atoms with van der Waals surface area (Å²) in [5.41, 5.74) is 1.01. The lowest BCUT2D eigenvalue weighted by Crippen LogP contribution is -2.41. The fourth-order valence-corrected chi connectivity index (χ4v) is 6.77. The molecule has 1 aliphatic rings. The predicted octanol–water partition coefficient (Wildman–Crippen LogP) is 7.10. The average molecular weight is 578 g/mol. The predicted molar refractivity (Wildman–Crippen MR) is 155 cm³/mol. The lowest BCUT2D eigenvalue weighted by atomic mass is 9.71. The molecule has 38 heavy (non-hydrogen) atoms. The highest BCUT2D eigenvalue weighted by atomic mass is 35.5. The minimum atomic E-state index is -0.827. The summed E-state index contributed by atoms with van der Waals surface area (Å²) in [7, 11) is 1.59. The SMILES string of the molecule is COc1ccc2ncc(Cl)c([C@@H](O)CCC3(CC(=O)O)CCN(CCCSc4cccc(Cl)c4)CC3)c2c1. The number of carboxylic acid groups (broad SMARTS) is 1. The molecule has 4 rings (SSSR count). The number of thioether (sulfide) groups is 1. The maximum Gasteiger partial charge on any atom is 0.303 e. The number of benzene rings is 2. The number of likely N-dealkylation sites (tertiary alicyclic amines) is 1. The number of hydrogen-bond acceptors (Lipinski definition) is 6. The molecule has 0 radical (unpaired) electrons. The van der Waals surface area contributed by atoms with Crippen LogP contribution in [0.2, 0.25) is 10.0 Å². The summed E-state index contributed by atoms with van der Waals surface area (Å²) in [4.78, 5) is 19.8. The smallest absolute Gasteiger partial charge is 0.303 e. The first-order valence-electron chi connectivity index (χ1n) is 12.9. The van der Waals surface area contributed by atoms with Crippen LogP contribution < -0.4 is 4.74 Å². The zero-order chi connectivity index (χ0) is 27.1. The summed E-state index contributed by atoms with van der Waals surface area (Å²) in [5, 5.41) is 22.8. The van der Waals surface area contributed by atoms with Crippen LogP contribution in [0.1, 0.15) is 50.2 Å². The van der Waals surface area contributed by atoms with Gasteiger partial charge in [-0.2, -0.15) is 0 Å². The molecular formula is C29H34Cl2N2O4S. The summed E-state index contributed by atoms with van der Waals surface area (Å²) < 4.78 is 5.36. The summed E-state index contributed by atoms with van der Waals surface area (Å²) in [5.74, 6) is 0.882. The van der Waals surface area contributed by atoms with Crippen LogP contribution in [0.25, 0.3) is 10.9 Å². The Morgan fingerprint density at radius 1 is 1.21 bits per heavy atom. The molecule has 0 aliphatic carbocycles. The second-order valence-electron chi connectivity index (χ2n) is 10.0. The van der Waals surface area contributed by atoms with Gasteiger partial charge in [-0.25, -0.2) is 0 Å². The van der Waals surface area contributed by atoms with Gasteiger partial charge in [0.25, 0.3) is 0 Å². The van der Waals surface area contributed by atoms with Gasteiger partial charge in [-0.3, -0.25) is 9.78 Å². The Balaban J connectivity index is 1.35. The van der Waals surface area contributed by atoms with Crippen LogP contribution in [0.5, 0.6) is 5.75 Å². The van der Waals surface area contributed by atoms with Crippen molar-refractivity contribution < 1.29 is 19.7 Å². The fraction of sp³-hybridized carbons (Fsp3) is 0.448. The minimum Gasteiger partial charge on any atom is -0.497 e. The maximum atomic E-state index is 11.8. The normalized spacial score (nSPS) is 16.4. The molecule has 9 heteroatoms. The lowest BCUT2D eigenvalue weighted by Gasteiger charge is -2.41. The number of nitrogens with zero attached hydrogens (tertiary/aromatic N) is 2. The molecule has 3 aromatic rings. The van der Waals surface area contributed by atoms with Crippen LogP contribution in [0.15, 0.2) is 53.6 Å². The first-order valence-corrected chi connectivity index (χ1v) is 14.7. The Labute approximate surface area is 238 Å². The molecule has 0 amide bonds. The number of carbonyl (C=O) groups is 1. The number of pyridine rings is 1. The van der Waals surface area contributed by atoms with E-state index < -0.39 is 12.1 Å². The molecule has 0 bridgehead atoms. The number of piperidine rings is 1. The van der Waals surface area contributed by atoms with E-state index >= 15 is 0 Å². The highest BCUT2D eigenvalue weighted by Gasteiger charge is 2.37. The third kappa shape index (κ3) is 7.54. The summed E-state index contributed by atoms with van der Waals surface area (Å²) >= 11 is 14.4. The van der Waals surface area contributed by atoms with E-state index in [0.717, 1.165) is 60.6 Å². The van der Waals surface area contributed by atoms with Gasteiger partial charge >= 0.3 is 5.97 Å². The number of aliphatic carboxylic acids is 1. The molecule has 1 fully saturated rings. The van der Waals surface area contributed by atoms with E-state index in [1.165, 1.54) is 4.90 Å². The zero-order valence-corrected chi connectivity index (χ0v) is 23.9. The number of methoxy groups -OCH3 is 1. The maximum absolute atomic E-state index is 11.8. The van der Waals surface area contributed by atoms with E-state index in [9.17, 15) is 15.0 Å². The van der Waals surface area contributed by atoms with Crippen molar-refractivity contribution in [1.29, 1.82) is 0 Å². The van der Waals surface area contributed by atoms with Gasteiger partial charge in [0.05, 0.1) is 30.2 Å². The Morgan fingerprint density at radius 2 is 2.00 bits per heavy atom. The molecular weight excluding hydrogens is 543 g/mol. The molecule has 0 saturated carbocycles. The first kappa shape index (κ1) is 29.0. The summed E-state index contributed by atoms with van der Waals surface area (Å²) in [6, 6.07) is 13.4. The van der Waals surface area contributed by atoms with E-state index in [1.807, 2.05) is 36.4 Å². The van der Waals surface area contributed by atoms with Crippen molar-refractivity contribution in [1.82, 2.24) is 9.88 Å². The van der Waals surface area contributed by atoms with Crippen LogP contribution in [0, 0.1) is 5.41 Å². The molecule has 204 valence electrons. The van der Waals surface area contributed by atoms with Crippen LogP contribution >= 0.6 is 35.0 Å². The van der Waals surface area contributed by atoms with Crippen molar-refractivity contribution in [3.8, 4) is 5.75 Å². The number of halogens is 2. The number of hydrogen-bond donors (Lipinski definition) is 2. The third-order valence-electron chi connectivity index (χ3n) is 7.48. The van der Waals surface area contributed by atoms with Gasteiger partial charge < -0.3 is 19.8 Å². The standard InChI is InChI=1S/C29H34Cl2N2O4S/c1-37-21-6-7-25-23(17-21)28(24(31)19-32-25)26(34)8-9-29(18-27(35)36)10-13-33(14-11-29)12-3-15-38-22-5-2-4-20(30)16-22/h2,4-7,16-17,19,26,34H,3,8-15,18H2,1H3,(H,35,36)/t26-/m0/s1. The molecule has 2 heterocycles. The molecule has 1 atom stereocenters. The molecule has 2 N–H and O–H groups in total. The third-order valence-corrected chi connectivity index (χ3v) is 9.09. The van der Waals surface area contributed by atoms with Crippen molar-refractivity contribution in [2.24, 2.45) is 5.41 Å². The number of aliphatic hydroxyl groups is 1. The largest absolute Gasteiger partial charge is 0.497 e. The molecule has 0 unspecified atom stereocenters.